The summed E-state index contributed by atoms with van der Waals surface area (Å²) in [7, 11) is 0. The van der Waals surface area contributed by atoms with E-state index in [1.807, 2.05) is 6.07 Å². The molecule has 0 bridgehead atoms. The lowest BCUT2D eigenvalue weighted by Crippen LogP contribution is -2.16. The number of rotatable bonds is 3. The Morgan fingerprint density at radius 1 is 1.00 bits per heavy atom. The highest BCUT2D eigenvalue weighted by Gasteiger charge is 2.14. The summed E-state index contributed by atoms with van der Waals surface area (Å²) in [5.74, 6) is -0.682. The Morgan fingerprint density at radius 2 is 1.68 bits per heavy atom. The van der Waals surface area contributed by atoms with Gasteiger partial charge in [-0.05, 0) is 59.0 Å². The van der Waals surface area contributed by atoms with E-state index in [4.69, 9.17) is 23.2 Å². The molecule has 0 atom stereocenters. The highest BCUT2D eigenvalue weighted by molar-refractivity contribution is 14.1. The van der Waals surface area contributed by atoms with E-state index in [2.05, 4.69) is 33.2 Å². The first kappa shape index (κ1) is 17.1. The first-order chi connectivity index (χ1) is 10.4. The van der Waals surface area contributed by atoms with Gasteiger partial charge in [-0.1, -0.05) is 23.2 Å². The Kier molecular flexibility index (Phi) is 5.66. The molecule has 0 aliphatic rings. The lowest BCUT2D eigenvalue weighted by Gasteiger charge is -2.12. The van der Waals surface area contributed by atoms with Gasteiger partial charge in [0.05, 0.1) is 22.0 Å². The monoisotopic (exact) mass is 448 g/mol. The van der Waals surface area contributed by atoms with Crippen LogP contribution in [-0.4, -0.2) is 11.8 Å². The van der Waals surface area contributed by atoms with Gasteiger partial charge in [0.25, 0.3) is 5.91 Å². The zero-order valence-electron chi connectivity index (χ0n) is 11.4. The van der Waals surface area contributed by atoms with Crippen molar-refractivity contribution in [3.8, 4) is 0 Å². The van der Waals surface area contributed by atoms with Gasteiger partial charge < -0.3 is 10.6 Å². The van der Waals surface area contributed by atoms with Gasteiger partial charge in [0, 0.05) is 15.5 Å². The smallest absolute Gasteiger partial charge is 0.257 e. The fourth-order valence-corrected chi connectivity index (χ4v) is 2.86. The quantitative estimate of drug-likeness (QED) is 0.662. The molecule has 0 aliphatic carbocycles. The van der Waals surface area contributed by atoms with Gasteiger partial charge in [0.15, 0.2) is 0 Å². The summed E-state index contributed by atoms with van der Waals surface area (Å²) in [4.78, 5) is 23.6. The van der Waals surface area contributed by atoms with Crippen LogP contribution >= 0.6 is 45.8 Å². The second-order valence-corrected chi connectivity index (χ2v) is 6.54. The van der Waals surface area contributed by atoms with Gasteiger partial charge in [-0.15, -0.1) is 0 Å². The lowest BCUT2D eigenvalue weighted by molar-refractivity contribution is -0.114. The van der Waals surface area contributed by atoms with E-state index in [1.165, 1.54) is 13.0 Å². The fraction of sp³-hybridized carbons (Fsp3) is 0.0667. The molecule has 0 aromatic heterocycles. The molecule has 22 heavy (non-hydrogen) atoms. The number of hydrogen-bond donors (Lipinski definition) is 2. The lowest BCUT2D eigenvalue weighted by atomic mass is 10.1. The van der Waals surface area contributed by atoms with Crippen LogP contribution in [0.25, 0.3) is 0 Å². The number of nitrogens with one attached hydrogen (secondary N) is 2. The number of amides is 2. The standard InChI is InChI=1S/C15H11Cl2IN2O2/c1-8(21)19-13-4-2-9(16)6-11(13)15(22)20-14-5-3-10(18)7-12(14)17/h2-7H,1H3,(H,19,21)(H,20,22). The first-order valence-electron chi connectivity index (χ1n) is 6.20. The summed E-state index contributed by atoms with van der Waals surface area (Å²) in [6.45, 7) is 1.37. The van der Waals surface area contributed by atoms with E-state index in [0.29, 0.717) is 21.4 Å². The molecule has 0 aliphatic heterocycles. The highest BCUT2D eigenvalue weighted by atomic mass is 127. The molecule has 2 aromatic rings. The Morgan fingerprint density at radius 3 is 2.32 bits per heavy atom. The maximum absolute atomic E-state index is 12.4. The van der Waals surface area contributed by atoms with Gasteiger partial charge in [-0.2, -0.15) is 0 Å². The SMILES string of the molecule is CC(=O)Nc1ccc(Cl)cc1C(=O)Nc1ccc(I)cc1Cl. The molecule has 2 amide bonds. The van der Waals surface area contributed by atoms with E-state index in [9.17, 15) is 9.59 Å². The van der Waals surface area contributed by atoms with Crippen molar-refractivity contribution in [1.29, 1.82) is 0 Å². The second-order valence-electron chi connectivity index (χ2n) is 4.45. The molecule has 114 valence electrons. The third-order valence-electron chi connectivity index (χ3n) is 2.72. The molecule has 2 aromatic carbocycles. The van der Waals surface area contributed by atoms with Crippen LogP contribution in [0.2, 0.25) is 10.0 Å². The molecule has 0 radical (unpaired) electrons. The molecule has 0 heterocycles. The van der Waals surface area contributed by atoms with Gasteiger partial charge in [0.2, 0.25) is 5.91 Å². The van der Waals surface area contributed by atoms with E-state index in [0.717, 1.165) is 3.57 Å². The van der Waals surface area contributed by atoms with Crippen LogP contribution in [0.5, 0.6) is 0 Å². The minimum Gasteiger partial charge on any atom is -0.326 e. The largest absolute Gasteiger partial charge is 0.326 e. The fourth-order valence-electron chi connectivity index (χ4n) is 1.78. The Labute approximate surface area is 151 Å². The van der Waals surface area contributed by atoms with E-state index in [-0.39, 0.29) is 11.5 Å². The van der Waals surface area contributed by atoms with Crippen molar-refractivity contribution < 1.29 is 9.59 Å². The van der Waals surface area contributed by atoms with E-state index < -0.39 is 5.91 Å². The third-order valence-corrected chi connectivity index (χ3v) is 3.94. The summed E-state index contributed by atoms with van der Waals surface area (Å²) >= 11 is 14.2. The predicted octanol–water partition coefficient (Wildman–Crippen LogP) is 4.81. The minimum atomic E-state index is -0.408. The van der Waals surface area contributed by atoms with Crippen molar-refractivity contribution in [2.45, 2.75) is 6.92 Å². The van der Waals surface area contributed by atoms with Crippen molar-refractivity contribution in [1.82, 2.24) is 0 Å². The number of anilines is 2. The molecule has 2 rings (SSSR count). The maximum atomic E-state index is 12.4. The molecule has 2 N–H and O–H groups in total. The first-order valence-corrected chi connectivity index (χ1v) is 8.04. The maximum Gasteiger partial charge on any atom is 0.257 e. The van der Waals surface area contributed by atoms with Crippen molar-refractivity contribution in [3.05, 3.63) is 55.6 Å². The summed E-state index contributed by atoms with van der Waals surface area (Å²) in [6.07, 6.45) is 0. The number of halogens is 3. The Balaban J connectivity index is 2.32. The highest BCUT2D eigenvalue weighted by Crippen LogP contribution is 2.26. The third kappa shape index (κ3) is 4.34. The molecule has 0 unspecified atom stereocenters. The zero-order chi connectivity index (χ0) is 16.3. The van der Waals surface area contributed by atoms with Crippen LogP contribution < -0.4 is 10.6 Å². The van der Waals surface area contributed by atoms with Crippen molar-refractivity contribution >= 4 is 69.0 Å². The number of benzene rings is 2. The molecular weight excluding hydrogens is 438 g/mol. The van der Waals surface area contributed by atoms with Crippen LogP contribution in [0.15, 0.2) is 36.4 Å². The molecule has 0 saturated heterocycles. The summed E-state index contributed by atoms with van der Waals surface area (Å²) in [5, 5.41) is 6.14. The summed E-state index contributed by atoms with van der Waals surface area (Å²) < 4.78 is 0.960. The van der Waals surface area contributed by atoms with Crippen LogP contribution in [0.3, 0.4) is 0 Å². The summed E-state index contributed by atoms with van der Waals surface area (Å²) in [6, 6.07) is 9.95. The Hall–Kier alpha value is -1.31. The second kappa shape index (κ2) is 7.30. The molecule has 4 nitrogen and oxygen atoms in total. The summed E-state index contributed by atoms with van der Waals surface area (Å²) in [5.41, 5.74) is 1.13. The van der Waals surface area contributed by atoms with Crippen LogP contribution in [0.1, 0.15) is 17.3 Å². The molecule has 7 heteroatoms. The number of carbonyl (C=O) groups is 2. The zero-order valence-corrected chi connectivity index (χ0v) is 15.1. The van der Waals surface area contributed by atoms with Crippen molar-refractivity contribution in [2.75, 3.05) is 10.6 Å². The van der Waals surface area contributed by atoms with Crippen LogP contribution in [0.4, 0.5) is 11.4 Å². The van der Waals surface area contributed by atoms with Gasteiger partial charge >= 0.3 is 0 Å². The predicted molar refractivity (Wildman–Crippen MR) is 97.9 cm³/mol. The average molecular weight is 449 g/mol. The minimum absolute atomic E-state index is 0.261. The van der Waals surface area contributed by atoms with Gasteiger partial charge in [-0.3, -0.25) is 9.59 Å². The molecule has 0 spiro atoms. The Bertz CT molecular complexity index is 750. The normalized spacial score (nSPS) is 10.2. The average Bonchev–Trinajstić information content (AvgIpc) is 2.43. The molecule has 0 fully saturated rings. The van der Waals surface area contributed by atoms with Gasteiger partial charge in [-0.25, -0.2) is 0 Å². The van der Waals surface area contributed by atoms with Crippen LogP contribution in [0, 0.1) is 3.57 Å². The van der Waals surface area contributed by atoms with E-state index >= 15 is 0 Å². The number of hydrogen-bond acceptors (Lipinski definition) is 2. The molecule has 0 saturated carbocycles. The van der Waals surface area contributed by atoms with Gasteiger partial charge in [0.1, 0.15) is 0 Å². The van der Waals surface area contributed by atoms with Crippen molar-refractivity contribution in [2.24, 2.45) is 0 Å². The number of carbonyl (C=O) groups excluding carboxylic acids is 2. The molecular formula is C15H11Cl2IN2O2. The van der Waals surface area contributed by atoms with Crippen LogP contribution in [-0.2, 0) is 4.79 Å². The van der Waals surface area contributed by atoms with Crippen molar-refractivity contribution in [3.63, 3.8) is 0 Å². The van der Waals surface area contributed by atoms with E-state index in [1.54, 1.807) is 24.3 Å². The topological polar surface area (TPSA) is 58.2 Å².